The zero-order chi connectivity index (χ0) is 12.8. The zero-order valence-electron chi connectivity index (χ0n) is 10.9. The van der Waals surface area contributed by atoms with Crippen molar-refractivity contribution in [2.45, 2.75) is 32.3 Å². The van der Waals surface area contributed by atoms with Crippen molar-refractivity contribution in [3.63, 3.8) is 0 Å². The summed E-state index contributed by atoms with van der Waals surface area (Å²) in [6.45, 7) is 5.41. The van der Waals surface area contributed by atoms with Gasteiger partial charge in [-0.3, -0.25) is 4.79 Å². The van der Waals surface area contributed by atoms with Crippen LogP contribution in [0.3, 0.4) is 0 Å². The minimum absolute atomic E-state index is 0.0402. The second-order valence-electron chi connectivity index (χ2n) is 5.79. The molecule has 2 heterocycles. The smallest absolute Gasteiger partial charge is 0.168 e. The molecule has 96 valence electrons. The molecule has 3 heteroatoms. The molecule has 0 amide bonds. The predicted molar refractivity (Wildman–Crippen MR) is 68.1 cm³/mol. The SMILES string of the molecule is CC1(C)Cc2cc(C(=O)C3CCOC3)ccc2O1. The number of rotatable bonds is 2. The van der Waals surface area contributed by atoms with Crippen LogP contribution in [-0.2, 0) is 11.2 Å². The molecule has 0 bridgehead atoms. The lowest BCUT2D eigenvalue weighted by Crippen LogP contribution is -2.24. The van der Waals surface area contributed by atoms with Crippen molar-refractivity contribution in [1.29, 1.82) is 0 Å². The largest absolute Gasteiger partial charge is 0.487 e. The van der Waals surface area contributed by atoms with E-state index in [-0.39, 0.29) is 17.3 Å². The Morgan fingerprint density at radius 1 is 1.39 bits per heavy atom. The third kappa shape index (κ3) is 2.03. The second kappa shape index (κ2) is 4.09. The molecule has 0 radical (unpaired) electrons. The van der Waals surface area contributed by atoms with E-state index < -0.39 is 0 Å². The average Bonchev–Trinajstić information content (AvgIpc) is 2.91. The Bertz CT molecular complexity index is 485. The first-order valence-corrected chi connectivity index (χ1v) is 6.49. The van der Waals surface area contributed by atoms with E-state index >= 15 is 0 Å². The fourth-order valence-corrected chi connectivity index (χ4v) is 2.74. The summed E-state index contributed by atoms with van der Waals surface area (Å²) in [5.74, 6) is 1.16. The van der Waals surface area contributed by atoms with Gasteiger partial charge in [0.15, 0.2) is 5.78 Å². The van der Waals surface area contributed by atoms with Crippen molar-refractivity contribution in [2.75, 3.05) is 13.2 Å². The van der Waals surface area contributed by atoms with Crippen molar-refractivity contribution in [3.05, 3.63) is 29.3 Å². The second-order valence-corrected chi connectivity index (χ2v) is 5.79. The van der Waals surface area contributed by atoms with Gasteiger partial charge >= 0.3 is 0 Å². The fraction of sp³-hybridized carbons (Fsp3) is 0.533. The Labute approximate surface area is 107 Å². The molecule has 1 atom stereocenters. The number of ether oxygens (including phenoxy) is 2. The third-order valence-electron chi connectivity index (χ3n) is 3.65. The standard InChI is InChI=1S/C15H18O3/c1-15(2)8-12-7-10(3-4-13(12)18-15)14(16)11-5-6-17-9-11/h3-4,7,11H,5-6,8-9H2,1-2H3. The highest BCUT2D eigenvalue weighted by Crippen LogP contribution is 2.35. The maximum atomic E-state index is 12.3. The monoisotopic (exact) mass is 246 g/mol. The molecule has 0 aliphatic carbocycles. The van der Waals surface area contributed by atoms with Crippen LogP contribution < -0.4 is 4.74 Å². The lowest BCUT2D eigenvalue weighted by Gasteiger charge is -2.16. The van der Waals surface area contributed by atoms with E-state index in [2.05, 4.69) is 13.8 Å². The molecule has 1 fully saturated rings. The molecule has 0 spiro atoms. The van der Waals surface area contributed by atoms with Gasteiger partial charge in [-0.2, -0.15) is 0 Å². The van der Waals surface area contributed by atoms with Crippen LogP contribution in [0.15, 0.2) is 18.2 Å². The van der Waals surface area contributed by atoms with Crippen LogP contribution in [0, 0.1) is 5.92 Å². The van der Waals surface area contributed by atoms with Gasteiger partial charge in [0.05, 0.1) is 6.61 Å². The molecule has 0 aromatic heterocycles. The summed E-state index contributed by atoms with van der Waals surface area (Å²) in [6, 6.07) is 5.79. The van der Waals surface area contributed by atoms with E-state index in [0.717, 1.165) is 29.7 Å². The molecule has 1 unspecified atom stereocenters. The molecule has 2 aliphatic rings. The predicted octanol–water partition coefficient (Wildman–Crippen LogP) is 2.62. The van der Waals surface area contributed by atoms with Gasteiger partial charge in [0.1, 0.15) is 11.4 Å². The van der Waals surface area contributed by atoms with Crippen LogP contribution in [0.2, 0.25) is 0 Å². The first-order valence-electron chi connectivity index (χ1n) is 6.49. The number of hydrogen-bond acceptors (Lipinski definition) is 3. The van der Waals surface area contributed by atoms with Gasteiger partial charge < -0.3 is 9.47 Å². The number of benzene rings is 1. The van der Waals surface area contributed by atoms with E-state index in [4.69, 9.17) is 9.47 Å². The van der Waals surface area contributed by atoms with Crippen molar-refractivity contribution < 1.29 is 14.3 Å². The van der Waals surface area contributed by atoms with Gasteiger partial charge in [-0.15, -0.1) is 0 Å². The van der Waals surface area contributed by atoms with E-state index in [1.54, 1.807) is 0 Å². The van der Waals surface area contributed by atoms with Gasteiger partial charge in [0.25, 0.3) is 0 Å². The number of hydrogen-bond donors (Lipinski definition) is 0. The van der Waals surface area contributed by atoms with E-state index in [9.17, 15) is 4.79 Å². The van der Waals surface area contributed by atoms with Gasteiger partial charge in [-0.05, 0) is 44.0 Å². The van der Waals surface area contributed by atoms with Gasteiger partial charge in [0, 0.05) is 24.5 Å². The Hall–Kier alpha value is -1.35. The summed E-state index contributed by atoms with van der Waals surface area (Å²) in [7, 11) is 0. The highest BCUT2D eigenvalue weighted by Gasteiger charge is 2.31. The number of Topliss-reactive ketones (excluding diaryl/α,β-unsaturated/α-hetero) is 1. The molecule has 1 aromatic carbocycles. The first kappa shape index (κ1) is 11.7. The van der Waals surface area contributed by atoms with E-state index in [1.807, 2.05) is 18.2 Å². The zero-order valence-corrected chi connectivity index (χ0v) is 10.9. The minimum Gasteiger partial charge on any atom is -0.487 e. The van der Waals surface area contributed by atoms with E-state index in [0.29, 0.717) is 13.2 Å². The molecular formula is C15H18O3. The summed E-state index contributed by atoms with van der Waals surface area (Å²) in [4.78, 5) is 12.3. The summed E-state index contributed by atoms with van der Waals surface area (Å²) in [6.07, 6.45) is 1.71. The summed E-state index contributed by atoms with van der Waals surface area (Å²) in [5.41, 5.74) is 1.79. The van der Waals surface area contributed by atoms with Crippen LogP contribution in [-0.4, -0.2) is 24.6 Å². The highest BCUT2D eigenvalue weighted by atomic mass is 16.5. The number of fused-ring (bicyclic) bond motifs is 1. The summed E-state index contributed by atoms with van der Waals surface area (Å²) < 4.78 is 11.1. The van der Waals surface area contributed by atoms with Crippen LogP contribution in [0.1, 0.15) is 36.2 Å². The van der Waals surface area contributed by atoms with Crippen LogP contribution >= 0.6 is 0 Å². The van der Waals surface area contributed by atoms with Crippen molar-refractivity contribution in [3.8, 4) is 5.75 Å². The molecular weight excluding hydrogens is 228 g/mol. The minimum atomic E-state index is -0.152. The first-order chi connectivity index (χ1) is 8.55. The van der Waals surface area contributed by atoms with Crippen LogP contribution in [0.5, 0.6) is 5.75 Å². The van der Waals surface area contributed by atoms with Gasteiger partial charge in [0.2, 0.25) is 0 Å². The topological polar surface area (TPSA) is 35.5 Å². The molecule has 2 aliphatic heterocycles. The average molecular weight is 246 g/mol. The molecule has 3 nitrogen and oxygen atoms in total. The quantitative estimate of drug-likeness (QED) is 0.752. The van der Waals surface area contributed by atoms with Crippen LogP contribution in [0.25, 0.3) is 0 Å². The van der Waals surface area contributed by atoms with E-state index in [1.165, 1.54) is 0 Å². The Morgan fingerprint density at radius 3 is 2.94 bits per heavy atom. The fourth-order valence-electron chi connectivity index (χ4n) is 2.74. The summed E-state index contributed by atoms with van der Waals surface area (Å²) >= 11 is 0. The number of carbonyl (C=O) groups excluding carboxylic acids is 1. The maximum Gasteiger partial charge on any atom is 0.168 e. The Morgan fingerprint density at radius 2 is 2.22 bits per heavy atom. The summed E-state index contributed by atoms with van der Waals surface area (Å²) in [5, 5.41) is 0. The van der Waals surface area contributed by atoms with Gasteiger partial charge in [-0.25, -0.2) is 0 Å². The van der Waals surface area contributed by atoms with Crippen molar-refractivity contribution >= 4 is 5.78 Å². The lowest BCUT2D eigenvalue weighted by atomic mass is 9.94. The molecule has 18 heavy (non-hydrogen) atoms. The third-order valence-corrected chi connectivity index (χ3v) is 3.65. The molecule has 1 aromatic rings. The maximum absolute atomic E-state index is 12.3. The molecule has 0 saturated carbocycles. The molecule has 3 rings (SSSR count). The van der Waals surface area contributed by atoms with Crippen molar-refractivity contribution in [1.82, 2.24) is 0 Å². The Balaban J connectivity index is 1.85. The molecule has 0 N–H and O–H groups in total. The lowest BCUT2D eigenvalue weighted by molar-refractivity contribution is 0.0900. The van der Waals surface area contributed by atoms with Crippen LogP contribution in [0.4, 0.5) is 0 Å². The highest BCUT2D eigenvalue weighted by molar-refractivity contribution is 5.98. The number of ketones is 1. The number of carbonyl (C=O) groups is 1. The molecule has 1 saturated heterocycles. The van der Waals surface area contributed by atoms with Crippen molar-refractivity contribution in [2.24, 2.45) is 5.92 Å². The normalized spacial score (nSPS) is 24.7. The Kier molecular flexibility index (Phi) is 2.67. The van der Waals surface area contributed by atoms with Gasteiger partial charge in [-0.1, -0.05) is 0 Å².